The number of fused-ring (bicyclic) bond motifs is 2. The molecule has 4 aromatic rings. The van der Waals surface area contributed by atoms with Gasteiger partial charge >= 0.3 is 0 Å². The molecule has 3 aromatic carbocycles. The Morgan fingerprint density at radius 2 is 1.81 bits per heavy atom. The van der Waals surface area contributed by atoms with Crippen molar-refractivity contribution in [2.75, 3.05) is 17.9 Å². The molecule has 6 nitrogen and oxygen atoms in total. The third-order valence-electron chi connectivity index (χ3n) is 4.98. The number of hydrogen-bond donors (Lipinski definition) is 1. The van der Waals surface area contributed by atoms with Crippen molar-refractivity contribution in [2.45, 2.75) is 11.7 Å². The molecule has 0 saturated carbocycles. The maximum atomic E-state index is 13.1. The van der Waals surface area contributed by atoms with E-state index >= 15 is 0 Å². The summed E-state index contributed by atoms with van der Waals surface area (Å²) in [5.74, 6) is 1.83. The normalized spacial score (nSPS) is 12.2. The first-order valence-electron chi connectivity index (χ1n) is 9.96. The van der Waals surface area contributed by atoms with Gasteiger partial charge in [-0.1, -0.05) is 30.0 Å². The Hall–Kier alpha value is -3.65. The van der Waals surface area contributed by atoms with Crippen LogP contribution in [0.3, 0.4) is 0 Å². The summed E-state index contributed by atoms with van der Waals surface area (Å²) in [7, 11) is 0. The summed E-state index contributed by atoms with van der Waals surface area (Å²) >= 11 is 1.25. The van der Waals surface area contributed by atoms with Gasteiger partial charge in [-0.05, 0) is 54.1 Å². The molecule has 0 bridgehead atoms. The summed E-state index contributed by atoms with van der Waals surface area (Å²) in [4.78, 5) is 21.7. The fraction of sp³-hybridized carbons (Fsp3) is 0.125. The Kier molecular flexibility index (Phi) is 5.60. The Balaban J connectivity index is 1.34. The van der Waals surface area contributed by atoms with Crippen LogP contribution < -0.4 is 14.8 Å². The van der Waals surface area contributed by atoms with E-state index in [9.17, 15) is 9.18 Å². The maximum absolute atomic E-state index is 13.1. The van der Waals surface area contributed by atoms with Crippen molar-refractivity contribution in [3.63, 3.8) is 0 Å². The largest absolute Gasteiger partial charge is 0.454 e. The number of benzene rings is 3. The summed E-state index contributed by atoms with van der Waals surface area (Å²) < 4.78 is 23.9. The van der Waals surface area contributed by atoms with Gasteiger partial charge < -0.3 is 14.8 Å². The number of anilines is 1. The quantitative estimate of drug-likeness (QED) is 0.240. The Morgan fingerprint density at radius 1 is 1.00 bits per heavy atom. The minimum atomic E-state index is -0.370. The van der Waals surface area contributed by atoms with Gasteiger partial charge in [-0.2, -0.15) is 0 Å². The van der Waals surface area contributed by atoms with Crippen LogP contribution in [0.2, 0.25) is 0 Å². The number of nitrogens with one attached hydrogen (secondary N) is 1. The summed E-state index contributed by atoms with van der Waals surface area (Å²) in [5, 5.41) is 4.76. The minimum absolute atomic E-state index is 0.110. The van der Waals surface area contributed by atoms with Crippen molar-refractivity contribution in [2.24, 2.45) is 0 Å². The van der Waals surface area contributed by atoms with Gasteiger partial charge in [-0.15, -0.1) is 0 Å². The molecule has 0 atom stereocenters. The number of halogens is 1. The molecule has 0 spiro atoms. The highest BCUT2D eigenvalue weighted by atomic mass is 32.2. The first kappa shape index (κ1) is 20.3. The topological polar surface area (TPSA) is 73.3 Å². The van der Waals surface area contributed by atoms with Gasteiger partial charge in [-0.25, -0.2) is 14.4 Å². The molecular weight excluding hydrogens is 429 g/mol. The zero-order chi connectivity index (χ0) is 21.9. The van der Waals surface area contributed by atoms with Crippen molar-refractivity contribution in [1.82, 2.24) is 9.97 Å². The average Bonchev–Trinajstić information content (AvgIpc) is 3.29. The van der Waals surface area contributed by atoms with Crippen LogP contribution in [0.25, 0.3) is 10.9 Å². The van der Waals surface area contributed by atoms with E-state index in [2.05, 4.69) is 15.3 Å². The highest BCUT2D eigenvalue weighted by Gasteiger charge is 2.14. The molecule has 1 aliphatic heterocycles. The van der Waals surface area contributed by atoms with E-state index in [1.54, 1.807) is 0 Å². The second-order valence-corrected chi connectivity index (χ2v) is 8.07. The molecule has 2 heterocycles. The lowest BCUT2D eigenvalue weighted by atomic mass is 10.1. The van der Waals surface area contributed by atoms with Crippen molar-refractivity contribution in [3.05, 3.63) is 83.7 Å². The standard InChI is InChI=1S/C24H18FN3O3S/c25-17-8-6-16(7-9-17)20(29)13-32-24-27-19-4-2-1-3-18(19)23(28-24)26-12-15-5-10-21-22(11-15)31-14-30-21/h1-11H,12-14H2,(H,26,27,28). The molecule has 1 N–H and O–H groups in total. The van der Waals surface area contributed by atoms with Crippen LogP contribution in [-0.2, 0) is 6.54 Å². The fourth-order valence-corrected chi connectivity index (χ4v) is 4.09. The first-order chi connectivity index (χ1) is 15.7. The van der Waals surface area contributed by atoms with E-state index in [0.717, 1.165) is 28.0 Å². The number of aromatic nitrogens is 2. The second kappa shape index (κ2) is 8.84. The molecule has 0 aliphatic carbocycles. The van der Waals surface area contributed by atoms with Crippen molar-refractivity contribution in [1.29, 1.82) is 0 Å². The molecule has 0 radical (unpaired) electrons. The molecule has 0 amide bonds. The Bertz CT molecular complexity index is 1300. The lowest BCUT2D eigenvalue weighted by molar-refractivity contribution is 0.102. The lowest BCUT2D eigenvalue weighted by Gasteiger charge is -2.11. The second-order valence-electron chi connectivity index (χ2n) is 7.13. The van der Waals surface area contributed by atoms with Crippen LogP contribution in [0, 0.1) is 5.82 Å². The van der Waals surface area contributed by atoms with Crippen molar-refractivity contribution in [3.8, 4) is 11.5 Å². The number of ketones is 1. The average molecular weight is 447 g/mol. The van der Waals surface area contributed by atoms with Crippen LogP contribution in [0.5, 0.6) is 11.5 Å². The first-order valence-corrected chi connectivity index (χ1v) is 10.9. The van der Waals surface area contributed by atoms with E-state index in [4.69, 9.17) is 9.47 Å². The number of nitrogens with zero attached hydrogens (tertiary/aromatic N) is 2. The maximum Gasteiger partial charge on any atom is 0.231 e. The molecular formula is C24H18FN3O3S. The number of thioether (sulfide) groups is 1. The highest BCUT2D eigenvalue weighted by molar-refractivity contribution is 7.99. The molecule has 8 heteroatoms. The molecule has 5 rings (SSSR count). The van der Waals surface area contributed by atoms with Gasteiger partial charge in [0, 0.05) is 17.5 Å². The molecule has 1 aromatic heterocycles. The number of carbonyl (C=O) groups excluding carboxylic acids is 1. The minimum Gasteiger partial charge on any atom is -0.454 e. The monoisotopic (exact) mass is 447 g/mol. The predicted octanol–water partition coefficient (Wildman–Crippen LogP) is 5.08. The van der Waals surface area contributed by atoms with Gasteiger partial charge in [0.2, 0.25) is 6.79 Å². The summed E-state index contributed by atoms with van der Waals surface area (Å²) in [6.07, 6.45) is 0. The van der Waals surface area contributed by atoms with Gasteiger partial charge in [-0.3, -0.25) is 4.79 Å². The number of hydrogen-bond acceptors (Lipinski definition) is 7. The van der Waals surface area contributed by atoms with E-state index < -0.39 is 0 Å². The highest BCUT2D eigenvalue weighted by Crippen LogP contribution is 2.33. The molecule has 0 unspecified atom stereocenters. The molecule has 32 heavy (non-hydrogen) atoms. The van der Waals surface area contributed by atoms with Gasteiger partial charge in [0.15, 0.2) is 22.4 Å². The molecule has 0 saturated heterocycles. The molecule has 1 aliphatic rings. The Labute approximate surface area is 187 Å². The number of rotatable bonds is 7. The molecule has 160 valence electrons. The van der Waals surface area contributed by atoms with Gasteiger partial charge in [0.1, 0.15) is 11.6 Å². The van der Waals surface area contributed by atoms with Gasteiger partial charge in [0.25, 0.3) is 0 Å². The molecule has 0 fully saturated rings. The summed E-state index contributed by atoms with van der Waals surface area (Å²) in [6, 6.07) is 19.0. The predicted molar refractivity (Wildman–Crippen MR) is 121 cm³/mol. The van der Waals surface area contributed by atoms with E-state index in [1.165, 1.54) is 36.0 Å². The van der Waals surface area contributed by atoms with Crippen LogP contribution in [0.1, 0.15) is 15.9 Å². The Morgan fingerprint density at radius 3 is 2.69 bits per heavy atom. The van der Waals surface area contributed by atoms with E-state index in [0.29, 0.717) is 23.1 Å². The zero-order valence-corrected chi connectivity index (χ0v) is 17.7. The fourth-order valence-electron chi connectivity index (χ4n) is 3.34. The van der Waals surface area contributed by atoms with Crippen molar-refractivity contribution >= 4 is 34.3 Å². The number of para-hydroxylation sites is 1. The number of carbonyl (C=O) groups is 1. The van der Waals surface area contributed by atoms with E-state index in [1.807, 2.05) is 42.5 Å². The zero-order valence-electron chi connectivity index (χ0n) is 16.9. The van der Waals surface area contributed by atoms with Crippen LogP contribution in [0.15, 0.2) is 71.9 Å². The summed E-state index contributed by atoms with van der Waals surface area (Å²) in [5.41, 5.74) is 2.27. The summed E-state index contributed by atoms with van der Waals surface area (Å²) in [6.45, 7) is 0.774. The third-order valence-corrected chi connectivity index (χ3v) is 5.83. The van der Waals surface area contributed by atoms with E-state index in [-0.39, 0.29) is 24.1 Å². The number of Topliss-reactive ketones (excluding diaryl/α,β-unsaturated/α-hetero) is 1. The van der Waals surface area contributed by atoms with Crippen LogP contribution >= 0.6 is 11.8 Å². The third kappa shape index (κ3) is 4.36. The van der Waals surface area contributed by atoms with Gasteiger partial charge in [0.05, 0.1) is 11.3 Å². The van der Waals surface area contributed by atoms with Crippen LogP contribution in [-0.4, -0.2) is 28.3 Å². The smallest absolute Gasteiger partial charge is 0.231 e. The number of ether oxygens (including phenoxy) is 2. The lowest BCUT2D eigenvalue weighted by Crippen LogP contribution is -2.06. The SMILES string of the molecule is O=C(CSc1nc(NCc2ccc3c(c2)OCO3)c2ccccc2n1)c1ccc(F)cc1. The van der Waals surface area contributed by atoms with Crippen LogP contribution in [0.4, 0.5) is 10.2 Å². The van der Waals surface area contributed by atoms with Crippen molar-refractivity contribution < 1.29 is 18.7 Å².